The highest BCUT2D eigenvalue weighted by Gasteiger charge is 2.20. The highest BCUT2D eigenvalue weighted by atomic mass is 32.2. The molecule has 0 bridgehead atoms. The van der Waals surface area contributed by atoms with Gasteiger partial charge in [-0.3, -0.25) is 9.59 Å². The summed E-state index contributed by atoms with van der Waals surface area (Å²) in [5.74, 6) is 0.363. The Morgan fingerprint density at radius 3 is 2.56 bits per heavy atom. The average molecular weight is 496 g/mol. The molecule has 2 aromatic rings. The van der Waals surface area contributed by atoms with Gasteiger partial charge in [0, 0.05) is 60.8 Å². The molecule has 0 spiro atoms. The largest absolute Gasteiger partial charge is 0.385 e. The Morgan fingerprint density at radius 2 is 1.91 bits per heavy atom. The molecule has 0 aliphatic rings. The van der Waals surface area contributed by atoms with Gasteiger partial charge in [-0.25, -0.2) is 17.7 Å². The minimum absolute atomic E-state index is 0.0101. The number of unbranched alkanes of at least 4 members (excludes halogenated alkanes) is 1. The lowest BCUT2D eigenvalue weighted by molar-refractivity contribution is -0.134. The third-order valence-corrected chi connectivity index (χ3v) is 7.34. The normalized spacial score (nSPS) is 11.8. The van der Waals surface area contributed by atoms with E-state index in [0.29, 0.717) is 31.5 Å². The van der Waals surface area contributed by atoms with Crippen LogP contribution in [-0.2, 0) is 37.3 Å². The summed E-state index contributed by atoms with van der Waals surface area (Å²) in [6.07, 6.45) is 3.24. The lowest BCUT2D eigenvalue weighted by Crippen LogP contribution is -2.39. The maximum atomic E-state index is 12.6. The van der Waals surface area contributed by atoms with E-state index >= 15 is 0 Å². The van der Waals surface area contributed by atoms with E-state index in [2.05, 4.69) is 21.8 Å². The minimum Gasteiger partial charge on any atom is -0.385 e. The number of benzene rings is 1. The van der Waals surface area contributed by atoms with Gasteiger partial charge in [-0.15, -0.1) is 0 Å². The maximum absolute atomic E-state index is 12.6. The van der Waals surface area contributed by atoms with Gasteiger partial charge in [0.05, 0.1) is 22.5 Å². The van der Waals surface area contributed by atoms with Crippen molar-refractivity contribution in [2.75, 3.05) is 47.9 Å². The molecule has 1 aromatic carbocycles. The van der Waals surface area contributed by atoms with Gasteiger partial charge in [-0.05, 0) is 31.0 Å². The zero-order chi connectivity index (χ0) is 25.3. The van der Waals surface area contributed by atoms with Gasteiger partial charge in [0.2, 0.25) is 21.8 Å². The molecule has 1 heterocycles. The number of aromatic nitrogens is 2. The van der Waals surface area contributed by atoms with Gasteiger partial charge in [0.15, 0.2) is 0 Å². The Bertz CT molecular complexity index is 1080. The van der Waals surface area contributed by atoms with E-state index < -0.39 is 10.0 Å². The summed E-state index contributed by atoms with van der Waals surface area (Å²) in [4.78, 5) is 30.9. The number of hydrogen-bond acceptors (Lipinski definition) is 6. The number of imidazole rings is 1. The standard InChI is InChI=1S/C23H37N5O5S/c1-6-7-14-28-20-10-9-18(34(31,32)26(2)3)16-19(20)25-21(28)11-12-23(30)27(4)17-22(29)24-13-8-15-33-5/h9-10,16H,6-8,11-15,17H2,1-5H3,(H,24,29). The first-order valence-corrected chi connectivity index (χ1v) is 13.0. The molecule has 0 fully saturated rings. The molecule has 0 saturated carbocycles. The van der Waals surface area contributed by atoms with Crippen LogP contribution >= 0.6 is 0 Å². The van der Waals surface area contributed by atoms with Crippen molar-refractivity contribution < 1.29 is 22.7 Å². The number of fused-ring (bicyclic) bond motifs is 1. The smallest absolute Gasteiger partial charge is 0.242 e. The summed E-state index contributed by atoms with van der Waals surface area (Å²) in [5.41, 5.74) is 1.43. The molecule has 11 heteroatoms. The molecule has 0 radical (unpaired) electrons. The van der Waals surface area contributed by atoms with Gasteiger partial charge >= 0.3 is 0 Å². The summed E-state index contributed by atoms with van der Waals surface area (Å²) < 4.78 is 33.2. The quantitative estimate of drug-likeness (QED) is 0.399. The number of ether oxygens (including phenoxy) is 1. The van der Waals surface area contributed by atoms with Crippen molar-refractivity contribution in [2.45, 2.75) is 50.5 Å². The number of methoxy groups -OCH3 is 1. The van der Waals surface area contributed by atoms with Crippen LogP contribution < -0.4 is 5.32 Å². The first-order valence-electron chi connectivity index (χ1n) is 11.5. The molecule has 0 unspecified atom stereocenters. The van der Waals surface area contributed by atoms with Crippen LogP contribution in [0, 0.1) is 0 Å². The van der Waals surface area contributed by atoms with Crippen molar-refractivity contribution in [1.29, 1.82) is 0 Å². The Kier molecular flexibility index (Phi) is 10.5. The summed E-state index contributed by atoms with van der Waals surface area (Å²) in [6, 6.07) is 4.95. The lowest BCUT2D eigenvalue weighted by Gasteiger charge is -2.17. The predicted octanol–water partition coefficient (Wildman–Crippen LogP) is 1.63. The summed E-state index contributed by atoms with van der Waals surface area (Å²) >= 11 is 0. The number of nitrogens with zero attached hydrogens (tertiary/aromatic N) is 4. The molecule has 2 amide bonds. The molecule has 0 saturated heterocycles. The van der Waals surface area contributed by atoms with Crippen LogP contribution in [0.4, 0.5) is 0 Å². The summed E-state index contributed by atoms with van der Waals surface area (Å²) in [6.45, 7) is 3.89. The molecule has 0 aliphatic carbocycles. The fraction of sp³-hybridized carbons (Fsp3) is 0.609. The number of carbonyl (C=O) groups is 2. The third-order valence-electron chi connectivity index (χ3n) is 5.53. The number of nitrogens with one attached hydrogen (secondary N) is 1. The van der Waals surface area contributed by atoms with Crippen molar-refractivity contribution in [3.63, 3.8) is 0 Å². The van der Waals surface area contributed by atoms with Crippen LogP contribution in [0.3, 0.4) is 0 Å². The lowest BCUT2D eigenvalue weighted by atomic mass is 10.2. The number of carbonyl (C=O) groups excluding carboxylic acids is 2. The Balaban J connectivity index is 2.12. The number of hydrogen-bond donors (Lipinski definition) is 1. The van der Waals surface area contributed by atoms with Crippen molar-refractivity contribution >= 4 is 32.9 Å². The Morgan fingerprint density at radius 1 is 1.18 bits per heavy atom. The van der Waals surface area contributed by atoms with Crippen molar-refractivity contribution in [1.82, 2.24) is 24.1 Å². The second-order valence-electron chi connectivity index (χ2n) is 8.42. The molecule has 0 atom stereocenters. The van der Waals surface area contributed by atoms with E-state index in [1.165, 1.54) is 23.3 Å². The first kappa shape index (κ1) is 27.7. The number of amides is 2. The molecule has 1 N–H and O–H groups in total. The minimum atomic E-state index is -3.57. The molecule has 190 valence electrons. The molecule has 1 aromatic heterocycles. The maximum Gasteiger partial charge on any atom is 0.242 e. The van der Waals surface area contributed by atoms with Crippen molar-refractivity contribution in [3.8, 4) is 0 Å². The second kappa shape index (κ2) is 12.8. The topological polar surface area (TPSA) is 114 Å². The number of aryl methyl sites for hydroxylation is 2. The third kappa shape index (κ3) is 7.25. The summed E-state index contributed by atoms with van der Waals surface area (Å²) in [7, 11) is 2.63. The van der Waals surface area contributed by atoms with Crippen molar-refractivity contribution in [2.24, 2.45) is 0 Å². The molecular formula is C23H37N5O5S. The fourth-order valence-electron chi connectivity index (χ4n) is 3.50. The molecule has 0 aliphatic heterocycles. The van der Waals surface area contributed by atoms with E-state index in [1.807, 2.05) is 0 Å². The van der Waals surface area contributed by atoms with Crippen molar-refractivity contribution in [3.05, 3.63) is 24.0 Å². The SMILES string of the molecule is CCCCn1c(CCC(=O)N(C)CC(=O)NCCCOC)nc2cc(S(=O)(=O)N(C)C)ccc21. The molecular weight excluding hydrogens is 458 g/mol. The van der Waals surface area contributed by atoms with E-state index in [9.17, 15) is 18.0 Å². The van der Waals surface area contributed by atoms with E-state index in [4.69, 9.17) is 4.74 Å². The molecule has 34 heavy (non-hydrogen) atoms. The van der Waals surface area contributed by atoms with Gasteiger partial charge < -0.3 is 19.5 Å². The summed E-state index contributed by atoms with van der Waals surface area (Å²) in [5, 5.41) is 2.77. The monoisotopic (exact) mass is 495 g/mol. The average Bonchev–Trinajstić information content (AvgIpc) is 3.15. The van der Waals surface area contributed by atoms with Crippen LogP contribution in [0.1, 0.15) is 38.4 Å². The number of sulfonamides is 1. The van der Waals surface area contributed by atoms with Crippen LogP contribution in [-0.4, -0.2) is 86.9 Å². The van der Waals surface area contributed by atoms with E-state index in [1.54, 1.807) is 32.4 Å². The van der Waals surface area contributed by atoms with Gasteiger partial charge in [0.1, 0.15) is 5.82 Å². The highest BCUT2D eigenvalue weighted by Crippen LogP contribution is 2.23. The van der Waals surface area contributed by atoms with Crippen LogP contribution in [0.2, 0.25) is 0 Å². The number of rotatable bonds is 14. The van der Waals surface area contributed by atoms with Gasteiger partial charge in [-0.2, -0.15) is 0 Å². The predicted molar refractivity (Wildman–Crippen MR) is 131 cm³/mol. The van der Waals surface area contributed by atoms with Crippen LogP contribution in [0.5, 0.6) is 0 Å². The number of likely N-dealkylation sites (N-methyl/N-ethyl adjacent to an activating group) is 1. The van der Waals surface area contributed by atoms with Crippen LogP contribution in [0.25, 0.3) is 11.0 Å². The zero-order valence-corrected chi connectivity index (χ0v) is 21.7. The molecule has 10 nitrogen and oxygen atoms in total. The molecule has 2 rings (SSSR count). The van der Waals surface area contributed by atoms with E-state index in [0.717, 1.165) is 30.7 Å². The first-order chi connectivity index (χ1) is 16.1. The highest BCUT2D eigenvalue weighted by molar-refractivity contribution is 7.89. The van der Waals surface area contributed by atoms with Crippen LogP contribution in [0.15, 0.2) is 23.1 Å². The van der Waals surface area contributed by atoms with Gasteiger partial charge in [-0.1, -0.05) is 13.3 Å². The second-order valence-corrected chi connectivity index (χ2v) is 10.6. The van der Waals surface area contributed by atoms with E-state index in [-0.39, 0.29) is 29.7 Å². The van der Waals surface area contributed by atoms with Gasteiger partial charge in [0.25, 0.3) is 0 Å². The fourth-order valence-corrected chi connectivity index (χ4v) is 4.42. The zero-order valence-electron chi connectivity index (χ0n) is 20.8. The Hall–Kier alpha value is -2.50. The Labute approximate surface area is 202 Å².